The number of hydrogen-bond donors (Lipinski definition) is 0. The van der Waals surface area contributed by atoms with Crippen molar-refractivity contribution in [2.75, 3.05) is 0 Å². The van der Waals surface area contributed by atoms with Crippen LogP contribution >= 0.6 is 0 Å². The highest BCUT2D eigenvalue weighted by molar-refractivity contribution is 5.70. The van der Waals surface area contributed by atoms with E-state index in [-0.39, 0.29) is 0 Å². The highest BCUT2D eigenvalue weighted by Crippen LogP contribution is 2.25. The van der Waals surface area contributed by atoms with Crippen molar-refractivity contribution in [3.8, 4) is 17.2 Å². The van der Waals surface area contributed by atoms with Gasteiger partial charge in [0, 0.05) is 17.7 Å². The second kappa shape index (κ2) is 7.00. The van der Waals surface area contributed by atoms with Crippen LogP contribution in [0.4, 0.5) is 0 Å². The summed E-state index contributed by atoms with van der Waals surface area (Å²) < 4.78 is 1.94. The zero-order valence-corrected chi connectivity index (χ0v) is 15.3. The summed E-state index contributed by atoms with van der Waals surface area (Å²) in [6.45, 7) is 4.08. The Morgan fingerprint density at radius 3 is 2.59 bits per heavy atom. The van der Waals surface area contributed by atoms with E-state index in [2.05, 4.69) is 47.5 Å². The van der Waals surface area contributed by atoms with Crippen LogP contribution < -0.4 is 0 Å². The van der Waals surface area contributed by atoms with Crippen LogP contribution in [0.25, 0.3) is 16.8 Å². The molecule has 0 aliphatic rings. The van der Waals surface area contributed by atoms with Gasteiger partial charge in [-0.25, -0.2) is 4.98 Å². The Hall–Kier alpha value is -3.52. The Balaban J connectivity index is 1.71. The molecule has 0 amide bonds. The van der Waals surface area contributed by atoms with Gasteiger partial charge in [-0.3, -0.25) is 4.40 Å². The lowest BCUT2D eigenvalue weighted by Gasteiger charge is -2.11. The lowest BCUT2D eigenvalue weighted by atomic mass is 9.97. The molecule has 0 atom stereocenters. The van der Waals surface area contributed by atoms with Gasteiger partial charge in [-0.15, -0.1) is 10.2 Å². The molecule has 132 valence electrons. The van der Waals surface area contributed by atoms with Gasteiger partial charge in [-0.05, 0) is 36.1 Å². The molecule has 27 heavy (non-hydrogen) atoms. The predicted molar refractivity (Wildman–Crippen MR) is 104 cm³/mol. The number of nitriles is 1. The third-order valence-corrected chi connectivity index (χ3v) is 4.84. The van der Waals surface area contributed by atoms with Crippen molar-refractivity contribution in [1.29, 1.82) is 5.26 Å². The van der Waals surface area contributed by atoms with Crippen LogP contribution in [-0.2, 0) is 12.8 Å². The van der Waals surface area contributed by atoms with E-state index in [1.54, 1.807) is 6.33 Å². The van der Waals surface area contributed by atoms with E-state index in [0.717, 1.165) is 46.7 Å². The third-order valence-electron chi connectivity index (χ3n) is 4.84. The first-order valence-electron chi connectivity index (χ1n) is 8.97. The summed E-state index contributed by atoms with van der Waals surface area (Å²) in [5.74, 6) is 0.902. The summed E-state index contributed by atoms with van der Waals surface area (Å²) in [5.41, 5.74) is 6.92. The number of nitrogens with zero attached hydrogens (tertiary/aromatic N) is 5. The fraction of sp³-hybridized carbons (Fsp3) is 0.182. The smallest absolute Gasteiger partial charge is 0.167 e. The molecular formula is C22H19N5. The monoisotopic (exact) mass is 353 g/mol. The number of benzene rings is 2. The number of hydrogen-bond acceptors (Lipinski definition) is 4. The van der Waals surface area contributed by atoms with Gasteiger partial charge in [0.1, 0.15) is 12.2 Å². The molecule has 0 aliphatic carbocycles. The highest BCUT2D eigenvalue weighted by Gasteiger charge is 2.14. The molecule has 0 bridgehead atoms. The zero-order valence-electron chi connectivity index (χ0n) is 15.3. The normalized spacial score (nSPS) is 10.9. The van der Waals surface area contributed by atoms with Crippen molar-refractivity contribution in [2.45, 2.75) is 26.7 Å². The molecule has 0 N–H and O–H groups in total. The van der Waals surface area contributed by atoms with Gasteiger partial charge >= 0.3 is 0 Å². The molecular weight excluding hydrogens is 334 g/mol. The first kappa shape index (κ1) is 16.9. The maximum atomic E-state index is 9.32. The van der Waals surface area contributed by atoms with Crippen molar-refractivity contribution < 1.29 is 0 Å². The second-order valence-corrected chi connectivity index (χ2v) is 6.49. The van der Waals surface area contributed by atoms with E-state index in [9.17, 15) is 5.26 Å². The summed E-state index contributed by atoms with van der Waals surface area (Å²) in [4.78, 5) is 4.72. The quantitative estimate of drug-likeness (QED) is 0.553. The van der Waals surface area contributed by atoms with Crippen LogP contribution in [0.15, 0.2) is 54.9 Å². The number of aryl methyl sites for hydroxylation is 2. The van der Waals surface area contributed by atoms with Gasteiger partial charge in [-0.1, -0.05) is 49.4 Å². The molecule has 2 aromatic carbocycles. The fourth-order valence-electron chi connectivity index (χ4n) is 3.44. The van der Waals surface area contributed by atoms with Gasteiger partial charge in [0.2, 0.25) is 0 Å². The lowest BCUT2D eigenvalue weighted by Crippen LogP contribution is -2.06. The van der Waals surface area contributed by atoms with Gasteiger partial charge in [0.15, 0.2) is 5.65 Å². The minimum atomic E-state index is 0.687. The summed E-state index contributed by atoms with van der Waals surface area (Å²) >= 11 is 0. The Morgan fingerprint density at radius 1 is 1.07 bits per heavy atom. The van der Waals surface area contributed by atoms with Crippen molar-refractivity contribution >= 4 is 5.65 Å². The molecule has 0 spiro atoms. The molecule has 2 heterocycles. The van der Waals surface area contributed by atoms with Crippen LogP contribution in [0.1, 0.15) is 35.1 Å². The Bertz CT molecular complexity index is 1150. The maximum Gasteiger partial charge on any atom is 0.167 e. The fourth-order valence-corrected chi connectivity index (χ4v) is 3.44. The molecule has 0 unspecified atom stereocenters. The molecule has 4 aromatic rings. The first-order chi connectivity index (χ1) is 13.2. The van der Waals surface area contributed by atoms with Gasteiger partial charge in [0.05, 0.1) is 11.6 Å². The Morgan fingerprint density at radius 2 is 1.85 bits per heavy atom. The molecule has 0 saturated carbocycles. The minimum absolute atomic E-state index is 0.687. The van der Waals surface area contributed by atoms with Crippen molar-refractivity contribution in [2.24, 2.45) is 0 Å². The molecule has 2 aromatic heterocycles. The van der Waals surface area contributed by atoms with Crippen molar-refractivity contribution in [3.05, 3.63) is 83.1 Å². The average Bonchev–Trinajstić information content (AvgIpc) is 3.21. The van der Waals surface area contributed by atoms with Crippen LogP contribution in [0.3, 0.4) is 0 Å². The van der Waals surface area contributed by atoms with E-state index >= 15 is 0 Å². The topological polar surface area (TPSA) is 66.9 Å². The summed E-state index contributed by atoms with van der Waals surface area (Å²) in [5, 5.41) is 17.7. The summed E-state index contributed by atoms with van der Waals surface area (Å²) in [7, 11) is 0. The van der Waals surface area contributed by atoms with Gasteiger partial charge < -0.3 is 0 Å². The molecule has 4 rings (SSSR count). The molecule has 0 saturated heterocycles. The van der Waals surface area contributed by atoms with E-state index < -0.39 is 0 Å². The average molecular weight is 353 g/mol. The van der Waals surface area contributed by atoms with Gasteiger partial charge in [-0.2, -0.15) is 5.26 Å². The molecule has 0 fully saturated rings. The Kier molecular flexibility index (Phi) is 4.39. The van der Waals surface area contributed by atoms with Crippen LogP contribution in [0, 0.1) is 18.3 Å². The molecule has 5 nitrogen and oxygen atoms in total. The van der Waals surface area contributed by atoms with Crippen molar-refractivity contribution in [1.82, 2.24) is 19.6 Å². The van der Waals surface area contributed by atoms with Crippen molar-refractivity contribution in [3.63, 3.8) is 0 Å². The zero-order chi connectivity index (χ0) is 18.8. The maximum absolute atomic E-state index is 9.32. The van der Waals surface area contributed by atoms with Crippen LogP contribution in [-0.4, -0.2) is 19.6 Å². The third kappa shape index (κ3) is 3.06. The van der Waals surface area contributed by atoms with Gasteiger partial charge in [0.25, 0.3) is 0 Å². The van der Waals surface area contributed by atoms with E-state index in [4.69, 9.17) is 4.98 Å². The number of fused-ring (bicyclic) bond motifs is 1. The highest BCUT2D eigenvalue weighted by atomic mass is 15.2. The first-order valence-corrected chi connectivity index (χ1v) is 8.97. The second-order valence-electron chi connectivity index (χ2n) is 6.49. The minimum Gasteiger partial charge on any atom is -0.269 e. The lowest BCUT2D eigenvalue weighted by molar-refractivity contribution is 0.886. The van der Waals surface area contributed by atoms with E-state index in [0.29, 0.717) is 5.56 Å². The van der Waals surface area contributed by atoms with Crippen LogP contribution in [0.2, 0.25) is 0 Å². The van der Waals surface area contributed by atoms with E-state index in [1.807, 2.05) is 35.6 Å². The van der Waals surface area contributed by atoms with Crippen LogP contribution in [0.5, 0.6) is 0 Å². The predicted octanol–water partition coefficient (Wildman–Crippen LogP) is 4.12. The molecule has 0 aliphatic heterocycles. The standard InChI is InChI=1S/C22H19N5/c1-3-21-20(22-26-24-14-27(22)15(2)25-21)12-16-8-10-17(11-9-16)19-7-5-4-6-18(19)13-23/h4-11,14H,3,12H2,1-2H3. The number of aromatic nitrogens is 4. The van der Waals surface area contributed by atoms with E-state index in [1.165, 1.54) is 5.56 Å². The Labute approximate surface area is 158 Å². The summed E-state index contributed by atoms with van der Waals surface area (Å²) in [6.07, 6.45) is 3.31. The molecule has 5 heteroatoms. The largest absolute Gasteiger partial charge is 0.269 e. The molecule has 0 radical (unpaired) electrons. The summed E-state index contributed by atoms with van der Waals surface area (Å²) in [6, 6.07) is 18.3. The SMILES string of the molecule is CCc1nc(C)n2cnnc2c1Cc1ccc(-c2ccccc2C#N)cc1. The number of rotatable bonds is 4.